The SMILES string of the molecule is CN(C(=O)/C(C#N)=C/c1cn(CC(=O)O)c2ccccc12)c1ccccc1OC(F)(F)F. The topological polar surface area (TPSA) is 95.6 Å². The van der Waals surface area contributed by atoms with Crippen LogP contribution in [0.1, 0.15) is 5.56 Å². The Morgan fingerprint density at radius 1 is 1.19 bits per heavy atom. The van der Waals surface area contributed by atoms with Crippen LogP contribution in [-0.2, 0) is 16.1 Å². The minimum Gasteiger partial charge on any atom is -0.480 e. The van der Waals surface area contributed by atoms with Crippen LogP contribution in [-0.4, -0.2) is 35.0 Å². The number of benzene rings is 2. The minimum absolute atomic E-state index is 0.177. The van der Waals surface area contributed by atoms with Gasteiger partial charge in [0, 0.05) is 29.7 Å². The fraction of sp³-hybridized carbons (Fsp3) is 0.136. The number of carbonyl (C=O) groups is 2. The molecule has 0 aliphatic heterocycles. The highest BCUT2D eigenvalue weighted by atomic mass is 19.4. The van der Waals surface area contributed by atoms with E-state index in [1.54, 1.807) is 30.3 Å². The van der Waals surface area contributed by atoms with Crippen LogP contribution in [0, 0.1) is 11.3 Å². The van der Waals surface area contributed by atoms with E-state index in [4.69, 9.17) is 5.11 Å². The van der Waals surface area contributed by atoms with Gasteiger partial charge in [0.1, 0.15) is 18.2 Å². The molecule has 7 nitrogen and oxygen atoms in total. The number of nitrogens with zero attached hydrogens (tertiary/aromatic N) is 3. The highest BCUT2D eigenvalue weighted by Crippen LogP contribution is 2.33. The average Bonchev–Trinajstić information content (AvgIpc) is 3.07. The van der Waals surface area contributed by atoms with E-state index in [1.165, 1.54) is 42.1 Å². The molecule has 164 valence electrons. The van der Waals surface area contributed by atoms with Crippen molar-refractivity contribution >= 4 is 34.5 Å². The number of carboxylic acids is 1. The number of fused-ring (bicyclic) bond motifs is 1. The zero-order valence-electron chi connectivity index (χ0n) is 16.6. The summed E-state index contributed by atoms with van der Waals surface area (Å²) in [6, 6.07) is 13.7. The van der Waals surface area contributed by atoms with E-state index in [2.05, 4.69) is 4.74 Å². The second kappa shape index (κ2) is 8.85. The van der Waals surface area contributed by atoms with E-state index in [0.717, 1.165) is 11.0 Å². The highest BCUT2D eigenvalue weighted by Gasteiger charge is 2.33. The number of aliphatic carboxylic acids is 1. The summed E-state index contributed by atoms with van der Waals surface area (Å²) < 4.78 is 43.6. The first kappa shape index (κ1) is 22.4. The van der Waals surface area contributed by atoms with Crippen LogP contribution in [0.15, 0.2) is 60.3 Å². The van der Waals surface area contributed by atoms with E-state index < -0.39 is 24.0 Å². The Morgan fingerprint density at radius 3 is 2.50 bits per heavy atom. The molecule has 0 saturated carbocycles. The van der Waals surface area contributed by atoms with Crippen LogP contribution < -0.4 is 9.64 Å². The first-order valence-corrected chi connectivity index (χ1v) is 9.15. The zero-order chi connectivity index (χ0) is 23.5. The lowest BCUT2D eigenvalue weighted by molar-refractivity contribution is -0.274. The maximum absolute atomic E-state index is 12.9. The minimum atomic E-state index is -4.96. The number of carbonyl (C=O) groups excluding carboxylic acids is 1. The van der Waals surface area contributed by atoms with E-state index in [-0.39, 0.29) is 17.8 Å². The van der Waals surface area contributed by atoms with E-state index >= 15 is 0 Å². The predicted molar refractivity (Wildman–Crippen MR) is 110 cm³/mol. The predicted octanol–water partition coefficient (Wildman–Crippen LogP) is 4.19. The zero-order valence-corrected chi connectivity index (χ0v) is 16.6. The molecule has 0 bridgehead atoms. The van der Waals surface area contributed by atoms with E-state index in [0.29, 0.717) is 16.5 Å². The van der Waals surface area contributed by atoms with Gasteiger partial charge in [-0.2, -0.15) is 5.26 Å². The Morgan fingerprint density at radius 2 is 1.84 bits per heavy atom. The molecule has 0 aliphatic carbocycles. The monoisotopic (exact) mass is 443 g/mol. The number of anilines is 1. The highest BCUT2D eigenvalue weighted by molar-refractivity contribution is 6.12. The molecule has 10 heteroatoms. The average molecular weight is 443 g/mol. The number of likely N-dealkylation sites (N-methyl/N-ethyl adjacent to an activating group) is 1. The third-order valence-corrected chi connectivity index (χ3v) is 4.53. The number of nitriles is 1. The van der Waals surface area contributed by atoms with E-state index in [1.807, 2.05) is 0 Å². The molecule has 0 aliphatic rings. The number of para-hydroxylation sites is 3. The lowest BCUT2D eigenvalue weighted by Gasteiger charge is -2.21. The largest absolute Gasteiger partial charge is 0.573 e. The number of hydrogen-bond acceptors (Lipinski definition) is 4. The molecule has 2 aromatic carbocycles. The molecule has 1 amide bonds. The van der Waals surface area contributed by atoms with Gasteiger partial charge in [0.25, 0.3) is 5.91 Å². The molecule has 0 unspecified atom stereocenters. The Labute approximate surface area is 180 Å². The molecular weight excluding hydrogens is 427 g/mol. The Balaban J connectivity index is 2.01. The lowest BCUT2D eigenvalue weighted by atomic mass is 10.1. The van der Waals surface area contributed by atoms with Crippen LogP contribution in [0.5, 0.6) is 5.75 Å². The second-order valence-corrected chi connectivity index (χ2v) is 6.67. The first-order chi connectivity index (χ1) is 15.1. The molecule has 1 heterocycles. The van der Waals surface area contributed by atoms with Gasteiger partial charge in [-0.3, -0.25) is 9.59 Å². The van der Waals surface area contributed by atoms with Gasteiger partial charge < -0.3 is 19.3 Å². The molecule has 0 saturated heterocycles. The van der Waals surface area contributed by atoms with Crippen molar-refractivity contribution in [2.75, 3.05) is 11.9 Å². The van der Waals surface area contributed by atoms with Gasteiger partial charge in [-0.25, -0.2) is 0 Å². The van der Waals surface area contributed by atoms with Gasteiger partial charge in [0.15, 0.2) is 5.75 Å². The maximum atomic E-state index is 12.9. The summed E-state index contributed by atoms with van der Waals surface area (Å²) >= 11 is 0. The third kappa shape index (κ3) is 4.89. The smallest absolute Gasteiger partial charge is 0.480 e. The number of amides is 1. The quantitative estimate of drug-likeness (QED) is 0.455. The van der Waals surface area contributed by atoms with Crippen molar-refractivity contribution in [2.24, 2.45) is 0 Å². The fourth-order valence-electron chi connectivity index (χ4n) is 3.20. The summed E-state index contributed by atoms with van der Waals surface area (Å²) in [7, 11) is 1.22. The summed E-state index contributed by atoms with van der Waals surface area (Å²) in [5.41, 5.74) is 0.472. The third-order valence-electron chi connectivity index (χ3n) is 4.53. The van der Waals surface area contributed by atoms with E-state index in [9.17, 15) is 28.0 Å². The summed E-state index contributed by atoms with van der Waals surface area (Å²) in [4.78, 5) is 24.9. The molecule has 1 N–H and O–H groups in total. The summed E-state index contributed by atoms with van der Waals surface area (Å²) in [5.74, 6) is -2.52. The van der Waals surface area contributed by atoms with Gasteiger partial charge in [-0.15, -0.1) is 13.2 Å². The van der Waals surface area contributed by atoms with Gasteiger partial charge in [-0.05, 0) is 24.3 Å². The number of hydrogen-bond donors (Lipinski definition) is 1. The van der Waals surface area contributed by atoms with Crippen molar-refractivity contribution in [3.8, 4) is 11.8 Å². The molecule has 1 aromatic heterocycles. The number of ether oxygens (including phenoxy) is 1. The van der Waals surface area contributed by atoms with Crippen LogP contribution in [0.3, 0.4) is 0 Å². The van der Waals surface area contributed by atoms with Crippen molar-refractivity contribution in [1.29, 1.82) is 5.26 Å². The number of rotatable bonds is 6. The van der Waals surface area contributed by atoms with Crippen molar-refractivity contribution in [3.05, 3.63) is 65.9 Å². The number of carboxylic acid groups (broad SMARTS) is 1. The molecule has 3 rings (SSSR count). The molecule has 0 fully saturated rings. The van der Waals surface area contributed by atoms with Crippen LogP contribution in [0.2, 0.25) is 0 Å². The normalized spacial score (nSPS) is 11.8. The molecule has 32 heavy (non-hydrogen) atoms. The number of alkyl halides is 3. The van der Waals surface area contributed by atoms with Gasteiger partial charge in [-0.1, -0.05) is 30.3 Å². The Hall–Kier alpha value is -4.26. The van der Waals surface area contributed by atoms with Crippen molar-refractivity contribution in [1.82, 2.24) is 4.57 Å². The Bertz CT molecular complexity index is 1260. The van der Waals surface area contributed by atoms with Crippen molar-refractivity contribution < 1.29 is 32.6 Å². The van der Waals surface area contributed by atoms with Crippen LogP contribution in [0.4, 0.5) is 18.9 Å². The maximum Gasteiger partial charge on any atom is 0.573 e. The Kier molecular flexibility index (Phi) is 6.20. The standard InChI is InChI=1S/C22H16F3N3O4/c1-27(18-8-4-5-9-19(18)32-22(23,24)25)21(31)14(11-26)10-15-12-28(13-20(29)30)17-7-3-2-6-16(15)17/h2-10,12H,13H2,1H3,(H,29,30)/b14-10+. The second-order valence-electron chi connectivity index (χ2n) is 6.67. The molecule has 0 radical (unpaired) electrons. The fourth-order valence-corrected chi connectivity index (χ4v) is 3.20. The number of halogens is 3. The van der Waals surface area contributed by atoms with Crippen molar-refractivity contribution in [3.63, 3.8) is 0 Å². The van der Waals surface area contributed by atoms with Gasteiger partial charge >= 0.3 is 12.3 Å². The number of aromatic nitrogens is 1. The summed E-state index contributed by atoms with van der Waals surface area (Å²) in [5, 5.41) is 19.3. The van der Waals surface area contributed by atoms with Crippen LogP contribution >= 0.6 is 0 Å². The lowest BCUT2D eigenvalue weighted by Crippen LogP contribution is -2.29. The summed E-state index contributed by atoms with van der Waals surface area (Å²) in [6.45, 7) is -0.327. The molecule has 3 aromatic rings. The van der Waals surface area contributed by atoms with Gasteiger partial charge in [0.2, 0.25) is 0 Å². The van der Waals surface area contributed by atoms with Crippen molar-refractivity contribution in [2.45, 2.75) is 12.9 Å². The molecule has 0 spiro atoms. The molecule has 0 atom stereocenters. The van der Waals surface area contributed by atoms with Crippen LogP contribution in [0.25, 0.3) is 17.0 Å². The molecular formula is C22H16F3N3O4. The first-order valence-electron chi connectivity index (χ1n) is 9.15. The summed E-state index contributed by atoms with van der Waals surface area (Å²) in [6.07, 6.45) is -2.20. The van der Waals surface area contributed by atoms with Gasteiger partial charge in [0.05, 0.1) is 5.69 Å².